The molecule has 0 saturated carbocycles. The summed E-state index contributed by atoms with van der Waals surface area (Å²) >= 11 is 5.02. The highest BCUT2D eigenvalue weighted by Gasteiger charge is 2.75. The molecule has 27 heavy (non-hydrogen) atoms. The fraction of sp³-hybridized carbons (Fsp3) is 0.800. The minimum Gasteiger partial charge on any atom is -0.427 e. The van der Waals surface area contributed by atoms with Crippen LogP contribution in [0.3, 0.4) is 0 Å². The lowest BCUT2D eigenvalue weighted by molar-refractivity contribution is -0.296. The number of rotatable bonds is 3. The Morgan fingerprint density at radius 1 is 0.778 bits per heavy atom. The second-order valence-corrected chi connectivity index (χ2v) is 6.56. The van der Waals surface area contributed by atoms with Crippen LogP contribution in [0.1, 0.15) is 0 Å². The summed E-state index contributed by atoms with van der Waals surface area (Å²) < 4.78 is 159. The van der Waals surface area contributed by atoms with Crippen molar-refractivity contribution in [3.05, 3.63) is 0 Å². The average Bonchev–Trinajstić information content (AvgIpc) is 2.40. The van der Waals surface area contributed by atoms with E-state index in [1.807, 2.05) is 0 Å². The fourth-order valence-electron chi connectivity index (χ4n) is 1.70. The third-order valence-corrected chi connectivity index (χ3v) is 5.08. The number of alkyl halides is 14. The highest BCUT2D eigenvalue weighted by atomic mass is 79.9. The Labute approximate surface area is 158 Å². The molecule has 0 spiro atoms. The van der Waals surface area contributed by atoms with Crippen LogP contribution in [0.5, 0.6) is 0 Å². The molecule has 0 bridgehead atoms. The SMILES string of the molecule is FC(F)(F)C(C1=NC(C(F)(F)F)(C(F)(F)F)N=C(C(Br)CBr)O1)C(F)(F)F. The van der Waals surface area contributed by atoms with E-state index >= 15 is 0 Å². The maximum Gasteiger partial charge on any atom is 0.443 e. The normalized spacial score (nSPS) is 20.1. The molecule has 0 aromatic carbocycles. The molecule has 0 radical (unpaired) electrons. The van der Waals surface area contributed by atoms with Crippen molar-refractivity contribution in [1.82, 2.24) is 0 Å². The number of ether oxygens (including phenoxy) is 1. The van der Waals surface area contributed by atoms with Gasteiger partial charge in [0.2, 0.25) is 17.7 Å². The predicted octanol–water partition coefficient (Wildman–Crippen LogP) is 5.53. The molecular formula is C10H4Br2F12N2O. The largest absolute Gasteiger partial charge is 0.443 e. The molecule has 0 aliphatic carbocycles. The van der Waals surface area contributed by atoms with E-state index in [9.17, 15) is 52.7 Å². The number of aliphatic imine (C=N–C) groups is 2. The highest BCUT2D eigenvalue weighted by molar-refractivity contribution is 9.12. The van der Waals surface area contributed by atoms with Gasteiger partial charge in [-0.2, -0.15) is 52.7 Å². The van der Waals surface area contributed by atoms with Gasteiger partial charge in [0.25, 0.3) is 0 Å². The van der Waals surface area contributed by atoms with Crippen LogP contribution in [-0.4, -0.2) is 52.3 Å². The molecule has 158 valence electrons. The highest BCUT2D eigenvalue weighted by Crippen LogP contribution is 2.51. The lowest BCUT2D eigenvalue weighted by Gasteiger charge is -2.36. The first-order valence-electron chi connectivity index (χ1n) is 6.12. The van der Waals surface area contributed by atoms with E-state index in [1.54, 1.807) is 4.99 Å². The van der Waals surface area contributed by atoms with Crippen molar-refractivity contribution in [3.8, 4) is 0 Å². The summed E-state index contributed by atoms with van der Waals surface area (Å²) in [5.41, 5.74) is -5.61. The molecule has 17 heteroatoms. The van der Waals surface area contributed by atoms with Crippen LogP contribution in [0.4, 0.5) is 52.7 Å². The molecule has 3 nitrogen and oxygen atoms in total. The van der Waals surface area contributed by atoms with Crippen molar-refractivity contribution in [2.24, 2.45) is 15.9 Å². The van der Waals surface area contributed by atoms with E-state index in [1.165, 1.54) is 0 Å². The minimum atomic E-state index is -6.52. The Bertz CT molecular complexity index is 590. The zero-order valence-electron chi connectivity index (χ0n) is 12.0. The lowest BCUT2D eigenvalue weighted by atomic mass is 10.1. The van der Waals surface area contributed by atoms with Crippen LogP contribution in [0.15, 0.2) is 9.98 Å². The van der Waals surface area contributed by atoms with Gasteiger partial charge in [-0.25, -0.2) is 9.98 Å². The molecule has 1 rings (SSSR count). The summed E-state index contributed by atoms with van der Waals surface area (Å²) in [5, 5.41) is -0.562. The summed E-state index contributed by atoms with van der Waals surface area (Å²) in [7, 11) is 0. The van der Waals surface area contributed by atoms with E-state index < -0.39 is 58.2 Å². The Hall–Kier alpha value is -0.740. The number of nitrogens with zero attached hydrogens (tertiary/aromatic N) is 2. The second kappa shape index (κ2) is 7.26. The molecule has 0 aromatic heterocycles. The van der Waals surface area contributed by atoms with Gasteiger partial charge in [0.05, 0.1) is 0 Å². The first-order valence-corrected chi connectivity index (χ1v) is 8.16. The van der Waals surface area contributed by atoms with Crippen molar-refractivity contribution in [2.75, 3.05) is 5.33 Å². The number of halogens is 14. The molecule has 0 aromatic rings. The summed E-state index contributed by atoms with van der Waals surface area (Å²) in [5.74, 6) is -9.43. The van der Waals surface area contributed by atoms with Gasteiger partial charge in [0.15, 0.2) is 0 Å². The molecule has 0 amide bonds. The zero-order chi connectivity index (χ0) is 21.6. The second-order valence-electron chi connectivity index (χ2n) is 4.81. The molecule has 0 N–H and O–H groups in total. The Balaban J connectivity index is 3.84. The van der Waals surface area contributed by atoms with Crippen LogP contribution in [0.2, 0.25) is 0 Å². The van der Waals surface area contributed by atoms with Gasteiger partial charge in [-0.05, 0) is 0 Å². The fourth-order valence-corrected chi connectivity index (χ4v) is 2.17. The smallest absolute Gasteiger partial charge is 0.427 e. The summed E-state index contributed by atoms with van der Waals surface area (Å²) in [6.07, 6.45) is -25.7. The standard InChI is InChI=1S/C10H4Br2F12N2O/c11-1-2(12)4-25-8(9(19,20)21,10(22,23)24)26-5(27-4)3(6(13,14)15)7(16,17)18/h2-3H,1H2. The Morgan fingerprint density at radius 3 is 1.44 bits per heavy atom. The molecule has 1 heterocycles. The van der Waals surface area contributed by atoms with Crippen molar-refractivity contribution in [3.63, 3.8) is 0 Å². The molecule has 1 aliphatic heterocycles. The quantitative estimate of drug-likeness (QED) is 0.333. The average molecular weight is 556 g/mol. The molecule has 0 saturated heterocycles. The van der Waals surface area contributed by atoms with Gasteiger partial charge in [-0.1, -0.05) is 31.9 Å². The molecular weight excluding hydrogens is 552 g/mol. The van der Waals surface area contributed by atoms with Crippen LogP contribution in [0.25, 0.3) is 0 Å². The van der Waals surface area contributed by atoms with E-state index in [2.05, 4.69) is 41.6 Å². The lowest BCUT2D eigenvalue weighted by Crippen LogP contribution is -2.59. The maximum atomic E-state index is 13.1. The zero-order valence-corrected chi connectivity index (χ0v) is 15.1. The van der Waals surface area contributed by atoms with Crippen LogP contribution in [-0.2, 0) is 4.74 Å². The van der Waals surface area contributed by atoms with E-state index in [0.717, 1.165) is 0 Å². The maximum absolute atomic E-state index is 13.1. The van der Waals surface area contributed by atoms with Gasteiger partial charge in [0.1, 0.15) is 4.83 Å². The molecule has 1 unspecified atom stereocenters. The van der Waals surface area contributed by atoms with E-state index in [0.29, 0.717) is 0 Å². The van der Waals surface area contributed by atoms with Gasteiger partial charge < -0.3 is 4.74 Å². The monoisotopic (exact) mass is 554 g/mol. The topological polar surface area (TPSA) is 34.0 Å². The van der Waals surface area contributed by atoms with Crippen molar-refractivity contribution >= 4 is 43.7 Å². The Morgan fingerprint density at radius 2 is 1.15 bits per heavy atom. The first kappa shape index (κ1) is 24.3. The molecule has 0 fully saturated rings. The van der Waals surface area contributed by atoms with Crippen molar-refractivity contribution < 1.29 is 57.4 Å². The minimum absolute atomic E-state index is 0.562. The number of hydrogen-bond acceptors (Lipinski definition) is 3. The summed E-state index contributed by atoms with van der Waals surface area (Å²) in [4.78, 5) is 2.08. The first-order chi connectivity index (χ1) is 11.8. The van der Waals surface area contributed by atoms with E-state index in [-0.39, 0.29) is 0 Å². The van der Waals surface area contributed by atoms with Crippen LogP contribution in [0, 0.1) is 5.92 Å². The summed E-state index contributed by atoms with van der Waals surface area (Å²) in [6.45, 7) is 0. The van der Waals surface area contributed by atoms with Crippen molar-refractivity contribution in [1.29, 1.82) is 0 Å². The van der Waals surface area contributed by atoms with Gasteiger partial charge in [-0.15, -0.1) is 0 Å². The number of hydrogen-bond donors (Lipinski definition) is 0. The molecule has 1 aliphatic rings. The van der Waals surface area contributed by atoms with E-state index in [4.69, 9.17) is 0 Å². The van der Waals surface area contributed by atoms with Crippen LogP contribution >= 0.6 is 31.9 Å². The third-order valence-electron chi connectivity index (χ3n) is 2.85. The van der Waals surface area contributed by atoms with Gasteiger partial charge in [-0.3, -0.25) is 0 Å². The summed E-state index contributed by atoms with van der Waals surface area (Å²) in [6, 6.07) is 0. The van der Waals surface area contributed by atoms with Crippen LogP contribution < -0.4 is 0 Å². The van der Waals surface area contributed by atoms with Crippen molar-refractivity contribution in [2.45, 2.75) is 35.2 Å². The van der Waals surface area contributed by atoms with Gasteiger partial charge in [0, 0.05) is 5.33 Å². The Kier molecular flexibility index (Phi) is 6.53. The molecule has 1 atom stereocenters. The third kappa shape index (κ3) is 4.82. The predicted molar refractivity (Wildman–Crippen MR) is 72.9 cm³/mol. The van der Waals surface area contributed by atoms with Gasteiger partial charge >= 0.3 is 30.4 Å².